The number of rotatable bonds is 4. The molecule has 1 aromatic carbocycles. The largest absolute Gasteiger partial charge is 0.461 e. The Morgan fingerprint density at radius 3 is 2.96 bits per heavy atom. The van der Waals surface area contributed by atoms with E-state index in [0.29, 0.717) is 24.2 Å². The molecule has 0 bridgehead atoms. The third-order valence-electron chi connectivity index (χ3n) is 4.00. The molecule has 0 saturated heterocycles. The molecule has 3 rings (SSSR count). The van der Waals surface area contributed by atoms with Crippen molar-refractivity contribution in [2.24, 2.45) is 0 Å². The third kappa shape index (κ3) is 2.60. The number of imidazole rings is 1. The average molecular weight is 325 g/mol. The Kier molecular flexibility index (Phi) is 4.20. The van der Waals surface area contributed by atoms with Crippen LogP contribution in [0.1, 0.15) is 39.0 Å². The Balaban J connectivity index is 2.16. The molecule has 0 aliphatic carbocycles. The molecular weight excluding hydrogens is 306 g/mol. The standard InChI is InChI=1S/C18H19N3O3/c1-4-6-12-7-8-14-13(9-12)17(22)20(3)10-15-16(18(23)24-5-2)19-11-21(14)15/h4,7-9,11H,1,5-6,10H2,2-3H3. The summed E-state index contributed by atoms with van der Waals surface area (Å²) in [6.45, 7) is 6.05. The van der Waals surface area contributed by atoms with Gasteiger partial charge in [0.25, 0.3) is 5.91 Å². The van der Waals surface area contributed by atoms with Crippen LogP contribution >= 0.6 is 0 Å². The summed E-state index contributed by atoms with van der Waals surface area (Å²) in [5, 5.41) is 0. The summed E-state index contributed by atoms with van der Waals surface area (Å²) < 4.78 is 6.86. The van der Waals surface area contributed by atoms with Crippen LogP contribution in [-0.4, -0.2) is 40.0 Å². The van der Waals surface area contributed by atoms with Crippen LogP contribution in [0.4, 0.5) is 0 Å². The Morgan fingerprint density at radius 2 is 2.25 bits per heavy atom. The van der Waals surface area contributed by atoms with Gasteiger partial charge in [-0.25, -0.2) is 9.78 Å². The van der Waals surface area contributed by atoms with Crippen LogP contribution in [0, 0.1) is 0 Å². The maximum atomic E-state index is 12.7. The lowest BCUT2D eigenvalue weighted by Gasteiger charge is -2.14. The summed E-state index contributed by atoms with van der Waals surface area (Å²) in [4.78, 5) is 30.6. The molecule has 0 atom stereocenters. The molecule has 0 unspecified atom stereocenters. The van der Waals surface area contributed by atoms with Crippen molar-refractivity contribution in [3.8, 4) is 5.69 Å². The smallest absolute Gasteiger partial charge is 0.358 e. The summed E-state index contributed by atoms with van der Waals surface area (Å²) >= 11 is 0. The van der Waals surface area contributed by atoms with E-state index in [1.807, 2.05) is 18.2 Å². The van der Waals surface area contributed by atoms with E-state index in [1.165, 1.54) is 0 Å². The fraction of sp³-hybridized carbons (Fsp3) is 0.278. The highest BCUT2D eigenvalue weighted by Gasteiger charge is 2.28. The Bertz CT molecular complexity index is 823. The number of fused-ring (bicyclic) bond motifs is 3. The molecular formula is C18H19N3O3. The zero-order chi connectivity index (χ0) is 17.3. The lowest BCUT2D eigenvalue weighted by molar-refractivity contribution is 0.0516. The van der Waals surface area contributed by atoms with Gasteiger partial charge in [-0.1, -0.05) is 12.1 Å². The number of hydrogen-bond donors (Lipinski definition) is 0. The summed E-state index contributed by atoms with van der Waals surface area (Å²) in [5.41, 5.74) is 3.22. The predicted octanol–water partition coefficient (Wildman–Crippen LogP) is 2.36. The van der Waals surface area contributed by atoms with Crippen LogP contribution in [0.3, 0.4) is 0 Å². The Hall–Kier alpha value is -2.89. The number of carbonyl (C=O) groups is 2. The van der Waals surface area contributed by atoms with E-state index >= 15 is 0 Å². The van der Waals surface area contributed by atoms with Crippen molar-refractivity contribution in [1.29, 1.82) is 0 Å². The summed E-state index contributed by atoms with van der Waals surface area (Å²) in [5.74, 6) is -0.562. The number of aromatic nitrogens is 2. The molecule has 124 valence electrons. The first-order valence-electron chi connectivity index (χ1n) is 7.79. The minimum atomic E-state index is -0.473. The Morgan fingerprint density at radius 1 is 1.46 bits per heavy atom. The van der Waals surface area contributed by atoms with Crippen LogP contribution in [0.2, 0.25) is 0 Å². The van der Waals surface area contributed by atoms with E-state index in [4.69, 9.17) is 4.74 Å². The fourth-order valence-corrected chi connectivity index (χ4v) is 2.86. The number of amides is 1. The number of hydrogen-bond acceptors (Lipinski definition) is 4. The van der Waals surface area contributed by atoms with Crippen molar-refractivity contribution in [2.75, 3.05) is 13.7 Å². The van der Waals surface area contributed by atoms with Gasteiger partial charge in [0, 0.05) is 7.05 Å². The zero-order valence-electron chi connectivity index (χ0n) is 13.8. The fourth-order valence-electron chi connectivity index (χ4n) is 2.86. The first-order valence-corrected chi connectivity index (χ1v) is 7.79. The molecule has 0 radical (unpaired) electrons. The van der Waals surface area contributed by atoms with Gasteiger partial charge < -0.3 is 9.64 Å². The molecule has 0 fully saturated rings. The lowest BCUT2D eigenvalue weighted by atomic mass is 10.1. The molecule has 0 spiro atoms. The van der Waals surface area contributed by atoms with Gasteiger partial charge in [0.1, 0.15) is 6.33 Å². The van der Waals surface area contributed by atoms with Crippen LogP contribution in [0.15, 0.2) is 37.2 Å². The van der Waals surface area contributed by atoms with Gasteiger partial charge in [-0.15, -0.1) is 6.58 Å². The van der Waals surface area contributed by atoms with Crippen molar-refractivity contribution < 1.29 is 14.3 Å². The quantitative estimate of drug-likeness (QED) is 0.639. The highest BCUT2D eigenvalue weighted by molar-refractivity contribution is 5.99. The number of benzene rings is 1. The minimum absolute atomic E-state index is 0.0885. The van der Waals surface area contributed by atoms with Gasteiger partial charge in [-0.3, -0.25) is 9.36 Å². The minimum Gasteiger partial charge on any atom is -0.461 e. The number of esters is 1. The summed E-state index contributed by atoms with van der Waals surface area (Å²) in [6.07, 6.45) is 4.06. The summed E-state index contributed by atoms with van der Waals surface area (Å²) in [7, 11) is 1.71. The SMILES string of the molecule is C=CCc1ccc2c(c1)C(=O)N(C)Cc1c(C(=O)OCC)ncn1-2. The highest BCUT2D eigenvalue weighted by Crippen LogP contribution is 2.27. The summed E-state index contributed by atoms with van der Waals surface area (Å²) in [6, 6.07) is 5.70. The third-order valence-corrected chi connectivity index (χ3v) is 4.00. The average Bonchev–Trinajstić information content (AvgIpc) is 2.94. The number of allylic oxidation sites excluding steroid dienone is 1. The zero-order valence-corrected chi connectivity index (χ0v) is 13.8. The normalized spacial score (nSPS) is 13.1. The van der Waals surface area contributed by atoms with Gasteiger partial charge in [0.2, 0.25) is 0 Å². The van der Waals surface area contributed by atoms with Crippen LogP contribution in [0.5, 0.6) is 0 Å². The van der Waals surface area contributed by atoms with Crippen molar-refractivity contribution >= 4 is 11.9 Å². The van der Waals surface area contributed by atoms with E-state index in [0.717, 1.165) is 11.3 Å². The second-order valence-electron chi connectivity index (χ2n) is 5.64. The maximum absolute atomic E-state index is 12.7. The maximum Gasteiger partial charge on any atom is 0.358 e. The van der Waals surface area contributed by atoms with Gasteiger partial charge in [-0.05, 0) is 31.0 Å². The van der Waals surface area contributed by atoms with Crippen LogP contribution in [0.25, 0.3) is 5.69 Å². The molecule has 6 nitrogen and oxygen atoms in total. The predicted molar refractivity (Wildman–Crippen MR) is 89.2 cm³/mol. The second kappa shape index (κ2) is 6.31. The molecule has 24 heavy (non-hydrogen) atoms. The van der Waals surface area contributed by atoms with E-state index in [9.17, 15) is 9.59 Å². The van der Waals surface area contributed by atoms with Gasteiger partial charge >= 0.3 is 5.97 Å². The van der Waals surface area contributed by atoms with E-state index in [1.54, 1.807) is 35.8 Å². The van der Waals surface area contributed by atoms with Crippen molar-refractivity contribution in [2.45, 2.75) is 19.9 Å². The van der Waals surface area contributed by atoms with E-state index in [2.05, 4.69) is 11.6 Å². The molecule has 1 aliphatic rings. The highest BCUT2D eigenvalue weighted by atomic mass is 16.5. The van der Waals surface area contributed by atoms with Gasteiger partial charge in [-0.2, -0.15) is 0 Å². The molecule has 1 amide bonds. The molecule has 1 aliphatic heterocycles. The lowest BCUT2D eigenvalue weighted by Crippen LogP contribution is -2.26. The Labute approximate surface area is 140 Å². The molecule has 1 aromatic heterocycles. The van der Waals surface area contributed by atoms with Crippen molar-refractivity contribution in [1.82, 2.24) is 14.5 Å². The van der Waals surface area contributed by atoms with Crippen molar-refractivity contribution in [3.63, 3.8) is 0 Å². The molecule has 6 heteroatoms. The van der Waals surface area contributed by atoms with Crippen LogP contribution < -0.4 is 0 Å². The monoisotopic (exact) mass is 325 g/mol. The first-order chi connectivity index (χ1) is 11.6. The number of nitrogens with zero attached hydrogens (tertiary/aromatic N) is 3. The molecule has 2 aromatic rings. The number of carbonyl (C=O) groups excluding carboxylic acids is 2. The van der Waals surface area contributed by atoms with Crippen LogP contribution in [-0.2, 0) is 17.7 Å². The van der Waals surface area contributed by atoms with Crippen molar-refractivity contribution in [3.05, 3.63) is 59.7 Å². The molecule has 2 heterocycles. The van der Waals surface area contributed by atoms with E-state index < -0.39 is 5.97 Å². The van der Waals surface area contributed by atoms with Gasteiger partial charge in [0.15, 0.2) is 5.69 Å². The number of ether oxygens (including phenoxy) is 1. The second-order valence-corrected chi connectivity index (χ2v) is 5.64. The first kappa shape index (κ1) is 16.0. The van der Waals surface area contributed by atoms with E-state index in [-0.39, 0.29) is 18.2 Å². The topological polar surface area (TPSA) is 64.4 Å². The van der Waals surface area contributed by atoms with Gasteiger partial charge in [0.05, 0.1) is 30.1 Å². The molecule has 0 saturated carbocycles. The molecule has 0 N–H and O–H groups in total.